The maximum absolute atomic E-state index is 6.23. The molecular formula is C16H17N3O. The lowest BCUT2D eigenvalue weighted by Gasteiger charge is -2.03. The molecule has 1 aromatic carbocycles. The number of fused-ring (bicyclic) bond motifs is 1. The maximum atomic E-state index is 6.23. The van der Waals surface area contributed by atoms with Crippen LogP contribution >= 0.6 is 0 Å². The number of aryl methyl sites for hydroxylation is 2. The van der Waals surface area contributed by atoms with E-state index in [0.29, 0.717) is 11.6 Å². The van der Waals surface area contributed by atoms with Gasteiger partial charge < -0.3 is 10.5 Å². The summed E-state index contributed by atoms with van der Waals surface area (Å²) in [5.74, 6) is 1.34. The highest BCUT2D eigenvalue weighted by Gasteiger charge is 2.14. The molecule has 4 heteroatoms. The molecule has 0 unspecified atom stereocenters. The van der Waals surface area contributed by atoms with Gasteiger partial charge in [-0.1, -0.05) is 12.1 Å². The first-order chi connectivity index (χ1) is 9.61. The topological polar surface area (TPSA) is 52.5 Å². The zero-order chi connectivity index (χ0) is 14.3. The van der Waals surface area contributed by atoms with Crippen molar-refractivity contribution in [2.75, 3.05) is 12.8 Å². The van der Waals surface area contributed by atoms with Gasteiger partial charge in [0.05, 0.1) is 7.11 Å². The van der Waals surface area contributed by atoms with Crippen molar-refractivity contribution >= 4 is 11.5 Å². The first-order valence-corrected chi connectivity index (χ1v) is 6.50. The van der Waals surface area contributed by atoms with Crippen LogP contribution in [0.15, 0.2) is 36.5 Å². The Bertz CT molecular complexity index is 790. The number of hydrogen-bond acceptors (Lipinski definition) is 3. The van der Waals surface area contributed by atoms with E-state index in [2.05, 4.69) is 31.0 Å². The highest BCUT2D eigenvalue weighted by atomic mass is 16.5. The van der Waals surface area contributed by atoms with E-state index in [1.807, 2.05) is 28.8 Å². The van der Waals surface area contributed by atoms with Gasteiger partial charge in [-0.2, -0.15) is 0 Å². The summed E-state index contributed by atoms with van der Waals surface area (Å²) in [5, 5.41) is 0. The van der Waals surface area contributed by atoms with Gasteiger partial charge in [-0.05, 0) is 43.2 Å². The molecule has 0 fully saturated rings. The molecule has 0 aliphatic heterocycles. The van der Waals surface area contributed by atoms with Crippen LogP contribution in [0.2, 0.25) is 0 Å². The minimum absolute atomic E-state index is 0.627. The Hall–Kier alpha value is -2.49. The molecule has 102 valence electrons. The van der Waals surface area contributed by atoms with Crippen LogP contribution in [0.3, 0.4) is 0 Å². The van der Waals surface area contributed by atoms with Gasteiger partial charge in [-0.25, -0.2) is 4.98 Å². The van der Waals surface area contributed by atoms with Crippen LogP contribution < -0.4 is 10.5 Å². The second-order valence-corrected chi connectivity index (χ2v) is 4.91. The number of nitrogens with zero attached hydrogens (tertiary/aromatic N) is 2. The van der Waals surface area contributed by atoms with Crippen molar-refractivity contribution in [1.82, 2.24) is 9.38 Å². The number of ether oxygens (including phenoxy) is 1. The van der Waals surface area contributed by atoms with Crippen LogP contribution in [0.4, 0.5) is 5.82 Å². The highest BCUT2D eigenvalue weighted by molar-refractivity contribution is 5.77. The summed E-state index contributed by atoms with van der Waals surface area (Å²) in [7, 11) is 1.63. The lowest BCUT2D eigenvalue weighted by Crippen LogP contribution is -1.95. The second kappa shape index (κ2) is 4.56. The van der Waals surface area contributed by atoms with Gasteiger partial charge >= 0.3 is 0 Å². The smallest absolute Gasteiger partial charge is 0.181 e. The first-order valence-electron chi connectivity index (χ1n) is 6.50. The molecule has 2 N–H and O–H groups in total. The third-order valence-electron chi connectivity index (χ3n) is 3.65. The number of imidazole rings is 1. The van der Waals surface area contributed by atoms with Crippen molar-refractivity contribution in [2.45, 2.75) is 13.8 Å². The summed E-state index contributed by atoms with van der Waals surface area (Å²) in [4.78, 5) is 4.64. The Labute approximate surface area is 117 Å². The summed E-state index contributed by atoms with van der Waals surface area (Å²) >= 11 is 0. The van der Waals surface area contributed by atoms with E-state index in [9.17, 15) is 0 Å². The Morgan fingerprint density at radius 3 is 2.65 bits per heavy atom. The molecule has 0 radical (unpaired) electrons. The number of anilines is 1. The van der Waals surface area contributed by atoms with Crippen LogP contribution in [-0.4, -0.2) is 16.5 Å². The highest BCUT2D eigenvalue weighted by Crippen LogP contribution is 2.30. The van der Waals surface area contributed by atoms with Crippen LogP contribution in [-0.2, 0) is 0 Å². The molecule has 0 aliphatic rings. The number of aromatic nitrogens is 2. The van der Waals surface area contributed by atoms with E-state index in [0.717, 1.165) is 16.9 Å². The average molecular weight is 267 g/mol. The van der Waals surface area contributed by atoms with E-state index < -0.39 is 0 Å². The van der Waals surface area contributed by atoms with Gasteiger partial charge in [0, 0.05) is 11.8 Å². The van der Waals surface area contributed by atoms with Crippen molar-refractivity contribution in [3.05, 3.63) is 47.7 Å². The molecule has 2 aromatic heterocycles. The van der Waals surface area contributed by atoms with Crippen molar-refractivity contribution < 1.29 is 4.74 Å². The number of nitrogen functional groups attached to an aromatic ring is 1. The molecule has 20 heavy (non-hydrogen) atoms. The molecule has 2 heterocycles. The summed E-state index contributed by atoms with van der Waals surface area (Å²) in [6.07, 6.45) is 1.89. The Morgan fingerprint density at radius 2 is 1.95 bits per heavy atom. The van der Waals surface area contributed by atoms with Crippen molar-refractivity contribution in [3.8, 4) is 17.0 Å². The standard InChI is InChI=1S/C16H17N3O/c1-10-6-7-12(9-11(10)2)14-15(17)19-8-4-5-13(20-3)16(19)18-14/h4-9H,17H2,1-3H3. The molecule has 0 aliphatic carbocycles. The molecule has 0 saturated carbocycles. The fourth-order valence-electron chi connectivity index (χ4n) is 2.32. The fraction of sp³-hybridized carbons (Fsp3) is 0.188. The summed E-state index contributed by atoms with van der Waals surface area (Å²) in [6.45, 7) is 4.18. The molecule has 3 rings (SSSR count). The lowest BCUT2D eigenvalue weighted by atomic mass is 10.0. The van der Waals surface area contributed by atoms with E-state index in [-0.39, 0.29) is 0 Å². The van der Waals surface area contributed by atoms with E-state index in [4.69, 9.17) is 10.5 Å². The average Bonchev–Trinajstić information content (AvgIpc) is 2.79. The van der Waals surface area contributed by atoms with E-state index >= 15 is 0 Å². The van der Waals surface area contributed by atoms with Gasteiger partial charge in [-0.3, -0.25) is 4.40 Å². The number of pyridine rings is 1. The third-order valence-corrected chi connectivity index (χ3v) is 3.65. The summed E-state index contributed by atoms with van der Waals surface area (Å²) in [6, 6.07) is 10.0. The molecule has 3 aromatic rings. The van der Waals surface area contributed by atoms with Crippen LogP contribution in [0, 0.1) is 13.8 Å². The largest absolute Gasteiger partial charge is 0.493 e. The van der Waals surface area contributed by atoms with Gasteiger partial charge in [-0.15, -0.1) is 0 Å². The quantitative estimate of drug-likeness (QED) is 0.775. The molecule has 0 saturated heterocycles. The zero-order valence-corrected chi connectivity index (χ0v) is 11.8. The number of rotatable bonds is 2. The minimum Gasteiger partial charge on any atom is -0.493 e. The van der Waals surface area contributed by atoms with E-state index in [1.165, 1.54) is 11.1 Å². The minimum atomic E-state index is 0.627. The summed E-state index contributed by atoms with van der Waals surface area (Å²) < 4.78 is 7.19. The normalized spacial score (nSPS) is 10.9. The fourth-order valence-corrected chi connectivity index (χ4v) is 2.32. The molecule has 0 spiro atoms. The number of benzene rings is 1. The van der Waals surface area contributed by atoms with Crippen LogP contribution in [0.5, 0.6) is 5.75 Å². The summed E-state index contributed by atoms with van der Waals surface area (Å²) in [5.41, 5.74) is 11.3. The predicted octanol–water partition coefficient (Wildman–Crippen LogP) is 3.21. The SMILES string of the molecule is COc1cccn2c(N)c(-c3ccc(C)c(C)c3)nc12. The van der Waals surface area contributed by atoms with Crippen molar-refractivity contribution in [2.24, 2.45) is 0 Å². The molecule has 4 nitrogen and oxygen atoms in total. The monoisotopic (exact) mass is 267 g/mol. The number of nitrogens with two attached hydrogens (primary N) is 1. The molecule has 0 atom stereocenters. The van der Waals surface area contributed by atoms with Crippen molar-refractivity contribution in [1.29, 1.82) is 0 Å². The Morgan fingerprint density at radius 1 is 1.15 bits per heavy atom. The zero-order valence-electron chi connectivity index (χ0n) is 11.8. The number of hydrogen-bond donors (Lipinski definition) is 1. The molecule has 0 bridgehead atoms. The van der Waals surface area contributed by atoms with Gasteiger partial charge in [0.2, 0.25) is 0 Å². The Balaban J connectivity index is 2.26. The Kier molecular flexibility index (Phi) is 2.86. The number of methoxy groups -OCH3 is 1. The van der Waals surface area contributed by atoms with Crippen LogP contribution in [0.1, 0.15) is 11.1 Å². The first kappa shape index (κ1) is 12.5. The second-order valence-electron chi connectivity index (χ2n) is 4.91. The third kappa shape index (κ3) is 1.81. The van der Waals surface area contributed by atoms with Gasteiger partial charge in [0.25, 0.3) is 0 Å². The molecular weight excluding hydrogens is 250 g/mol. The predicted molar refractivity (Wildman–Crippen MR) is 81.1 cm³/mol. The van der Waals surface area contributed by atoms with E-state index in [1.54, 1.807) is 7.11 Å². The van der Waals surface area contributed by atoms with Gasteiger partial charge in [0.15, 0.2) is 11.4 Å². The maximum Gasteiger partial charge on any atom is 0.181 e. The lowest BCUT2D eigenvalue weighted by molar-refractivity contribution is 0.417. The van der Waals surface area contributed by atoms with Crippen LogP contribution in [0.25, 0.3) is 16.9 Å². The van der Waals surface area contributed by atoms with Crippen molar-refractivity contribution in [3.63, 3.8) is 0 Å². The molecule has 0 amide bonds. The van der Waals surface area contributed by atoms with Gasteiger partial charge in [0.1, 0.15) is 11.5 Å².